The van der Waals surface area contributed by atoms with E-state index in [9.17, 15) is 13.2 Å². The lowest BCUT2D eigenvalue weighted by Crippen LogP contribution is -2.31. The van der Waals surface area contributed by atoms with Crippen molar-refractivity contribution in [1.29, 1.82) is 0 Å². The molecule has 1 aliphatic heterocycles. The number of nitrogens with one attached hydrogen (secondary N) is 1. The number of H-pyrrole nitrogens is 1. The van der Waals surface area contributed by atoms with Crippen LogP contribution in [0.2, 0.25) is 0 Å². The van der Waals surface area contributed by atoms with Crippen molar-refractivity contribution in [1.82, 2.24) is 24.7 Å². The topological polar surface area (TPSA) is 81.1 Å². The van der Waals surface area contributed by atoms with E-state index in [1.54, 1.807) is 6.20 Å². The van der Waals surface area contributed by atoms with Gasteiger partial charge in [-0.05, 0) is 41.7 Å². The summed E-state index contributed by atoms with van der Waals surface area (Å²) < 4.78 is 69.9. The number of nitrogens with zero attached hydrogens (tertiary/aromatic N) is 5. The number of ether oxygens (including phenoxy) is 2. The summed E-state index contributed by atoms with van der Waals surface area (Å²) in [6.45, 7) is 5.39. The number of aryl methyl sites for hydroxylation is 2. The number of rotatable bonds is 11. The first-order chi connectivity index (χ1) is 24.3. The molecule has 0 atom stereocenters. The van der Waals surface area contributed by atoms with Gasteiger partial charge in [-0.3, -0.25) is 0 Å². The van der Waals surface area contributed by atoms with Crippen LogP contribution >= 0.6 is 0 Å². The van der Waals surface area contributed by atoms with E-state index < -0.39 is 17.6 Å². The summed E-state index contributed by atoms with van der Waals surface area (Å²) in [5, 5.41) is 5.78. The summed E-state index contributed by atoms with van der Waals surface area (Å²) in [6.07, 6.45) is 0.774. The number of aromatic amines is 1. The third-order valence-corrected chi connectivity index (χ3v) is 9.11. The van der Waals surface area contributed by atoms with Gasteiger partial charge in [0.2, 0.25) is 5.95 Å². The van der Waals surface area contributed by atoms with Crippen molar-refractivity contribution in [3.05, 3.63) is 124 Å². The molecule has 7 rings (SSSR count). The van der Waals surface area contributed by atoms with Crippen molar-refractivity contribution in [3.8, 4) is 16.9 Å². The van der Waals surface area contributed by atoms with E-state index in [0.29, 0.717) is 41.8 Å². The molecule has 0 saturated heterocycles. The fourth-order valence-corrected chi connectivity index (χ4v) is 6.65. The molecule has 1 N–H and O–H groups in total. The molecular formula is C38H36F4N6O2. The van der Waals surface area contributed by atoms with Crippen molar-refractivity contribution in [2.24, 2.45) is 0 Å². The van der Waals surface area contributed by atoms with Crippen molar-refractivity contribution >= 4 is 16.9 Å². The lowest BCUT2D eigenvalue weighted by Gasteiger charge is -2.27. The van der Waals surface area contributed by atoms with Gasteiger partial charge >= 0.3 is 6.18 Å². The standard InChI is InChI=1S/C38H36F4N6O2/c1-3-25-11-8-12-26(4-2)35(25)48-36(30-20-47(16-14-32(30)46-48)37-44-18-28(19-45-37)38(40,41)42)33-29-13-15-43-34(29)27(17-31(33)39)22-50-23-49-21-24-9-6-5-7-10-24/h5-13,15,17-19,43H,3-4,14,16,20-23H2,1-2H3. The maximum absolute atomic E-state index is 16.7. The molecule has 0 amide bonds. The molecule has 1 aliphatic rings. The molecule has 0 fully saturated rings. The normalized spacial score (nSPS) is 13.3. The minimum Gasteiger partial charge on any atom is -0.361 e. The van der Waals surface area contributed by atoms with Gasteiger partial charge in [-0.1, -0.05) is 62.4 Å². The number of aromatic nitrogens is 5. The molecule has 8 nitrogen and oxygen atoms in total. The molecule has 50 heavy (non-hydrogen) atoms. The summed E-state index contributed by atoms with van der Waals surface area (Å²) in [4.78, 5) is 13.2. The van der Waals surface area contributed by atoms with Gasteiger partial charge in [-0.2, -0.15) is 18.3 Å². The highest BCUT2D eigenvalue weighted by atomic mass is 19.4. The van der Waals surface area contributed by atoms with E-state index in [1.165, 1.54) is 6.07 Å². The average molecular weight is 685 g/mol. The van der Waals surface area contributed by atoms with Gasteiger partial charge in [-0.15, -0.1) is 0 Å². The number of benzene rings is 3. The van der Waals surface area contributed by atoms with E-state index in [4.69, 9.17) is 14.6 Å². The summed E-state index contributed by atoms with van der Waals surface area (Å²) >= 11 is 0. The second-order valence-corrected chi connectivity index (χ2v) is 12.2. The molecule has 3 aromatic heterocycles. The van der Waals surface area contributed by atoms with Gasteiger partial charge < -0.3 is 19.4 Å². The average Bonchev–Trinajstić information content (AvgIpc) is 3.76. The lowest BCUT2D eigenvalue weighted by molar-refractivity contribution is -0.138. The molecule has 12 heteroatoms. The smallest absolute Gasteiger partial charge is 0.361 e. The predicted molar refractivity (Wildman–Crippen MR) is 182 cm³/mol. The molecule has 3 aromatic carbocycles. The van der Waals surface area contributed by atoms with E-state index in [2.05, 4.69) is 40.9 Å². The van der Waals surface area contributed by atoms with Crippen molar-refractivity contribution in [2.45, 2.75) is 59.0 Å². The van der Waals surface area contributed by atoms with Crippen LogP contribution in [0.1, 0.15) is 52.9 Å². The van der Waals surface area contributed by atoms with Crippen molar-refractivity contribution in [2.75, 3.05) is 18.2 Å². The second-order valence-electron chi connectivity index (χ2n) is 12.2. The first-order valence-electron chi connectivity index (χ1n) is 16.6. The van der Waals surface area contributed by atoms with Crippen molar-refractivity contribution in [3.63, 3.8) is 0 Å². The van der Waals surface area contributed by atoms with Gasteiger partial charge in [-0.25, -0.2) is 19.0 Å². The molecule has 0 spiro atoms. The Balaban J connectivity index is 1.29. The van der Waals surface area contributed by atoms with Gasteiger partial charge in [0.25, 0.3) is 0 Å². The SMILES string of the molecule is CCc1cccc(CC)c1-n1nc2c(c1-c1c(F)cc(COCOCc3ccccc3)c3[nH]ccc13)CN(c1ncc(C(F)(F)F)cn1)CC2. The molecule has 0 aliphatic carbocycles. The molecule has 6 aromatic rings. The molecular weight excluding hydrogens is 648 g/mol. The largest absolute Gasteiger partial charge is 0.419 e. The third kappa shape index (κ3) is 6.48. The molecule has 4 heterocycles. The summed E-state index contributed by atoms with van der Waals surface area (Å²) in [5.74, 6) is -0.278. The van der Waals surface area contributed by atoms with Crippen LogP contribution in [-0.2, 0) is 54.7 Å². The zero-order valence-electron chi connectivity index (χ0n) is 27.7. The zero-order chi connectivity index (χ0) is 34.8. The van der Waals surface area contributed by atoms with Crippen molar-refractivity contribution < 1.29 is 27.0 Å². The maximum atomic E-state index is 16.7. The Bertz CT molecular complexity index is 2090. The van der Waals surface area contributed by atoms with E-state index in [1.807, 2.05) is 52.0 Å². The van der Waals surface area contributed by atoms with Crippen LogP contribution in [0.15, 0.2) is 79.3 Å². The van der Waals surface area contributed by atoms with E-state index in [0.717, 1.165) is 64.4 Å². The van der Waals surface area contributed by atoms with Crippen LogP contribution in [0, 0.1) is 5.82 Å². The fourth-order valence-electron chi connectivity index (χ4n) is 6.65. The second kappa shape index (κ2) is 14.0. The number of anilines is 1. The van der Waals surface area contributed by atoms with E-state index in [-0.39, 0.29) is 25.9 Å². The fraction of sp³-hybridized carbons (Fsp3) is 0.289. The molecule has 0 saturated carbocycles. The molecule has 0 bridgehead atoms. The van der Waals surface area contributed by atoms with Crippen LogP contribution in [-0.4, -0.2) is 38.1 Å². The number of hydrogen-bond acceptors (Lipinski definition) is 6. The van der Waals surface area contributed by atoms with Gasteiger partial charge in [0.1, 0.15) is 12.6 Å². The highest BCUT2D eigenvalue weighted by Gasteiger charge is 2.34. The van der Waals surface area contributed by atoms with Gasteiger partial charge in [0, 0.05) is 60.2 Å². The Kier molecular flexibility index (Phi) is 9.39. The maximum Gasteiger partial charge on any atom is 0.419 e. The van der Waals surface area contributed by atoms with Crippen LogP contribution in [0.5, 0.6) is 0 Å². The van der Waals surface area contributed by atoms with Crippen LogP contribution in [0.3, 0.4) is 0 Å². The highest BCUT2D eigenvalue weighted by Crippen LogP contribution is 2.41. The first-order valence-corrected chi connectivity index (χ1v) is 16.6. The van der Waals surface area contributed by atoms with Gasteiger partial charge in [0.15, 0.2) is 0 Å². The Labute approximate surface area is 286 Å². The Morgan fingerprint density at radius 1 is 0.880 bits per heavy atom. The monoisotopic (exact) mass is 684 g/mol. The predicted octanol–water partition coefficient (Wildman–Crippen LogP) is 8.35. The number of para-hydroxylation sites is 1. The highest BCUT2D eigenvalue weighted by molar-refractivity contribution is 5.97. The Morgan fingerprint density at radius 3 is 2.30 bits per heavy atom. The summed E-state index contributed by atoms with van der Waals surface area (Å²) in [7, 11) is 0. The Morgan fingerprint density at radius 2 is 1.60 bits per heavy atom. The number of alkyl halides is 3. The minimum atomic E-state index is -4.54. The number of halogens is 4. The minimum absolute atomic E-state index is 0.0379. The van der Waals surface area contributed by atoms with Gasteiger partial charge in [0.05, 0.1) is 41.4 Å². The first kappa shape index (κ1) is 33.4. The zero-order valence-corrected chi connectivity index (χ0v) is 27.7. The van der Waals surface area contributed by atoms with E-state index >= 15 is 4.39 Å². The van der Waals surface area contributed by atoms with Crippen LogP contribution in [0.25, 0.3) is 27.8 Å². The summed E-state index contributed by atoms with van der Waals surface area (Å²) in [6, 6.07) is 19.2. The molecule has 0 unspecified atom stereocenters. The quantitative estimate of drug-likeness (QED) is 0.0840. The van der Waals surface area contributed by atoms with Crippen LogP contribution < -0.4 is 4.90 Å². The summed E-state index contributed by atoms with van der Waals surface area (Å²) in [5.41, 5.74) is 7.05. The number of hydrogen-bond donors (Lipinski definition) is 1. The molecule has 258 valence electrons. The number of fused-ring (bicyclic) bond motifs is 2. The Hall–Kier alpha value is -5.07. The third-order valence-electron chi connectivity index (χ3n) is 9.11. The molecule has 0 radical (unpaired) electrons. The lowest BCUT2D eigenvalue weighted by atomic mass is 9.95. The van der Waals surface area contributed by atoms with Crippen LogP contribution in [0.4, 0.5) is 23.5 Å².